The van der Waals surface area contributed by atoms with Crippen molar-refractivity contribution in [3.63, 3.8) is 0 Å². The number of benzene rings is 7. The van der Waals surface area contributed by atoms with Gasteiger partial charge in [-0.05, 0) is 94.4 Å². The number of anilines is 4. The molecule has 0 saturated carbocycles. The smallest absolute Gasteiger partial charge is 0.159 e. The number of hydrogen-bond donors (Lipinski definition) is 0. The average Bonchev–Trinajstić information content (AvgIpc) is 3.96. The first kappa shape index (κ1) is 35.6. The number of nitrogens with zero attached hydrogens (tertiary/aromatic N) is 3. The van der Waals surface area contributed by atoms with Crippen LogP contribution in [0.1, 0.15) is 42.0 Å². The van der Waals surface area contributed by atoms with Crippen LogP contribution in [-0.4, -0.2) is 17.2 Å². The number of aromatic nitrogens is 1. The molecule has 0 radical (unpaired) electrons. The van der Waals surface area contributed by atoms with Crippen LogP contribution in [0.5, 0.6) is 0 Å². The topological polar surface area (TPSA) is 24.6 Å². The second-order valence-corrected chi connectivity index (χ2v) is 17.0. The first-order valence-electron chi connectivity index (χ1n) is 21.6. The summed E-state index contributed by atoms with van der Waals surface area (Å²) in [5, 5.41) is 4.76. The third-order valence-electron chi connectivity index (χ3n) is 13.0. The molecule has 7 aromatic carbocycles. The zero-order valence-electron chi connectivity index (χ0n) is 34.4. The molecule has 0 fully saturated rings. The van der Waals surface area contributed by atoms with E-state index in [9.17, 15) is 0 Å². The van der Waals surface area contributed by atoms with Gasteiger partial charge < -0.3 is 18.8 Å². The van der Waals surface area contributed by atoms with Crippen LogP contribution in [0.25, 0.3) is 55.0 Å². The van der Waals surface area contributed by atoms with Crippen molar-refractivity contribution in [2.45, 2.75) is 32.2 Å². The number of furan rings is 1. The molecule has 4 heterocycles. The first-order valence-corrected chi connectivity index (χ1v) is 21.6. The Morgan fingerprint density at radius 2 is 1.34 bits per heavy atom. The van der Waals surface area contributed by atoms with Gasteiger partial charge in [0.05, 0.1) is 22.8 Å². The quantitative estimate of drug-likeness (QED) is 0.150. The normalized spacial score (nSPS) is 17.0. The second-order valence-electron chi connectivity index (χ2n) is 17.0. The minimum absolute atomic E-state index is 0.0723. The molecule has 0 spiro atoms. The van der Waals surface area contributed by atoms with E-state index in [1.807, 2.05) is 0 Å². The monoisotopic (exact) mass is 787 g/mol. The fourth-order valence-corrected chi connectivity index (χ4v) is 10.5. The van der Waals surface area contributed by atoms with Gasteiger partial charge in [-0.15, -0.1) is 0 Å². The van der Waals surface area contributed by atoms with Crippen molar-refractivity contribution in [1.29, 1.82) is 0 Å². The first-order chi connectivity index (χ1) is 30.1. The molecule has 2 atom stereocenters. The molecule has 2 aliphatic heterocycles. The minimum atomic E-state index is 0.0723. The van der Waals surface area contributed by atoms with Crippen LogP contribution < -0.4 is 9.80 Å². The van der Waals surface area contributed by atoms with Crippen LogP contribution in [-0.2, 0) is 6.42 Å². The van der Waals surface area contributed by atoms with E-state index in [0.29, 0.717) is 5.92 Å². The SMILES string of the molecule is CC(C)/C=C(\C=C/CN1c2ccccc2Cc2ccccc21)c1cc2c(oc3ccccc32)c2c1C1C=CC=CC1N2c1ccc2c(c1)c1ccccc1n2-c1ccccc1. The average molecular weight is 788 g/mol. The molecule has 0 bridgehead atoms. The molecule has 4 heteroatoms. The summed E-state index contributed by atoms with van der Waals surface area (Å²) >= 11 is 0. The third-order valence-corrected chi connectivity index (χ3v) is 13.0. The Hall–Kier alpha value is -7.30. The molecule has 0 amide bonds. The number of rotatable bonds is 7. The predicted molar refractivity (Wildman–Crippen MR) is 256 cm³/mol. The Bertz CT molecular complexity index is 3270. The van der Waals surface area contributed by atoms with Gasteiger partial charge in [-0.25, -0.2) is 0 Å². The van der Waals surface area contributed by atoms with Crippen molar-refractivity contribution in [2.75, 3.05) is 16.3 Å². The van der Waals surface area contributed by atoms with Crippen LogP contribution >= 0.6 is 0 Å². The number of para-hydroxylation sites is 5. The maximum atomic E-state index is 6.98. The maximum absolute atomic E-state index is 6.98. The van der Waals surface area contributed by atoms with Crippen molar-refractivity contribution in [1.82, 2.24) is 4.57 Å². The minimum Gasteiger partial charge on any atom is -0.454 e. The van der Waals surface area contributed by atoms with Crippen molar-refractivity contribution in [3.05, 3.63) is 216 Å². The number of allylic oxidation sites excluding steroid dienone is 5. The molecule has 4 nitrogen and oxygen atoms in total. The Balaban J connectivity index is 1.06. The lowest BCUT2D eigenvalue weighted by molar-refractivity contribution is 0.667. The zero-order chi connectivity index (χ0) is 40.6. The Labute approximate surface area is 356 Å². The lowest BCUT2D eigenvalue weighted by atomic mass is 9.84. The highest BCUT2D eigenvalue weighted by atomic mass is 16.3. The maximum Gasteiger partial charge on any atom is 0.159 e. The highest BCUT2D eigenvalue weighted by molar-refractivity contribution is 6.14. The van der Waals surface area contributed by atoms with Gasteiger partial charge in [0.2, 0.25) is 0 Å². The zero-order valence-corrected chi connectivity index (χ0v) is 34.4. The van der Waals surface area contributed by atoms with E-state index < -0.39 is 0 Å². The van der Waals surface area contributed by atoms with E-state index in [0.717, 1.165) is 52.0 Å². The lowest BCUT2D eigenvalue weighted by Gasteiger charge is -2.32. The molecule has 0 saturated heterocycles. The van der Waals surface area contributed by atoms with Gasteiger partial charge in [-0.3, -0.25) is 0 Å². The van der Waals surface area contributed by atoms with Crippen LogP contribution in [0, 0.1) is 5.92 Å². The van der Waals surface area contributed by atoms with E-state index in [1.165, 1.54) is 61.0 Å². The van der Waals surface area contributed by atoms with E-state index in [2.05, 4.69) is 222 Å². The van der Waals surface area contributed by atoms with Crippen LogP contribution in [0.2, 0.25) is 0 Å². The summed E-state index contributed by atoms with van der Waals surface area (Å²) < 4.78 is 9.37. The lowest BCUT2D eigenvalue weighted by Crippen LogP contribution is -2.28. The van der Waals surface area contributed by atoms with Gasteiger partial charge in [0, 0.05) is 63.2 Å². The molecule has 3 aliphatic rings. The summed E-state index contributed by atoms with van der Waals surface area (Å²) in [4.78, 5) is 5.05. The van der Waals surface area contributed by atoms with E-state index in [1.54, 1.807) is 0 Å². The summed E-state index contributed by atoms with van der Waals surface area (Å²) in [6.45, 7) is 5.34. The standard InChI is InChI=1S/C57H45N3O/c1-37(2)33-38(19-16-32-58-49-25-11-6-17-39(49)34-40-18-7-12-26-50(40)58)46-36-48-44-23-10-15-29-54(44)61-57(48)56-55(46)45-24-9-14-28-52(45)60(56)42-30-31-53-47(35-42)43-22-8-13-27-51(43)59(53)41-20-4-3-5-21-41/h3-31,33,35-37,45,52H,32,34H2,1-2H3/b19-16-,38-33+. The largest absolute Gasteiger partial charge is 0.454 e. The molecule has 1 aliphatic carbocycles. The van der Waals surface area contributed by atoms with Gasteiger partial charge in [0.1, 0.15) is 5.58 Å². The van der Waals surface area contributed by atoms with E-state index in [-0.39, 0.29) is 12.0 Å². The van der Waals surface area contributed by atoms with Crippen LogP contribution in [0.4, 0.5) is 22.7 Å². The van der Waals surface area contributed by atoms with Crippen LogP contribution in [0.15, 0.2) is 199 Å². The summed E-state index contributed by atoms with van der Waals surface area (Å²) in [7, 11) is 0. The Morgan fingerprint density at radius 1 is 0.656 bits per heavy atom. The van der Waals surface area contributed by atoms with E-state index >= 15 is 0 Å². The summed E-state index contributed by atoms with van der Waals surface area (Å²) in [5.74, 6) is 0.460. The summed E-state index contributed by atoms with van der Waals surface area (Å²) in [6.07, 6.45) is 17.4. The second kappa shape index (κ2) is 14.2. The fourth-order valence-electron chi connectivity index (χ4n) is 10.5. The van der Waals surface area contributed by atoms with Crippen LogP contribution in [0.3, 0.4) is 0 Å². The van der Waals surface area contributed by atoms with Gasteiger partial charge in [0.25, 0.3) is 0 Å². The van der Waals surface area contributed by atoms with Gasteiger partial charge in [0.15, 0.2) is 5.58 Å². The molecule has 9 aromatic rings. The molecule has 2 aromatic heterocycles. The van der Waals surface area contributed by atoms with Gasteiger partial charge >= 0.3 is 0 Å². The van der Waals surface area contributed by atoms with Crippen molar-refractivity contribution >= 4 is 72.1 Å². The molecule has 0 N–H and O–H groups in total. The molecular formula is C57H45N3O. The molecular weight excluding hydrogens is 743 g/mol. The van der Waals surface area contributed by atoms with Crippen molar-refractivity contribution < 1.29 is 4.42 Å². The highest BCUT2D eigenvalue weighted by Gasteiger charge is 2.42. The van der Waals surface area contributed by atoms with Gasteiger partial charge in [-0.1, -0.05) is 147 Å². The Morgan fingerprint density at radius 3 is 2.15 bits per heavy atom. The predicted octanol–water partition coefficient (Wildman–Crippen LogP) is 14.8. The Kier molecular flexibility index (Phi) is 8.28. The number of hydrogen-bond acceptors (Lipinski definition) is 3. The fraction of sp³-hybridized carbons (Fsp3) is 0.123. The van der Waals surface area contributed by atoms with Crippen molar-refractivity contribution in [3.8, 4) is 5.69 Å². The van der Waals surface area contributed by atoms with E-state index in [4.69, 9.17) is 4.42 Å². The van der Waals surface area contributed by atoms with Crippen molar-refractivity contribution in [2.24, 2.45) is 5.92 Å². The number of fused-ring (bicyclic) bond motifs is 12. The molecule has 61 heavy (non-hydrogen) atoms. The molecule has 12 rings (SSSR count). The molecule has 294 valence electrons. The molecule has 2 unspecified atom stereocenters. The highest BCUT2D eigenvalue weighted by Crippen LogP contribution is 2.55. The third kappa shape index (κ3) is 5.66. The summed E-state index contributed by atoms with van der Waals surface area (Å²) in [5.41, 5.74) is 16.8. The summed E-state index contributed by atoms with van der Waals surface area (Å²) in [6, 6.07) is 55.3. The van der Waals surface area contributed by atoms with Gasteiger partial charge in [-0.2, -0.15) is 0 Å².